The molecule has 0 aliphatic carbocycles. The van der Waals surface area contributed by atoms with Gasteiger partial charge in [-0.1, -0.05) is 13.8 Å². The van der Waals surface area contributed by atoms with Gasteiger partial charge in [-0.05, 0) is 42.7 Å². The van der Waals surface area contributed by atoms with Gasteiger partial charge in [-0.3, -0.25) is 0 Å². The van der Waals surface area contributed by atoms with E-state index in [1.165, 1.54) is 12.1 Å². The molecule has 0 radical (unpaired) electrons. The summed E-state index contributed by atoms with van der Waals surface area (Å²) in [5.74, 6) is 0. The van der Waals surface area contributed by atoms with E-state index in [2.05, 4.69) is 5.10 Å². The van der Waals surface area contributed by atoms with Gasteiger partial charge in [0.15, 0.2) is 0 Å². The molecule has 0 aliphatic heterocycles. The first-order valence-corrected chi connectivity index (χ1v) is 6.89. The topological polar surface area (TPSA) is 43.8 Å². The molecule has 0 bridgehead atoms. The monoisotopic (exact) mass is 297 g/mol. The van der Waals surface area contributed by atoms with E-state index in [4.69, 9.17) is 5.73 Å². The minimum absolute atomic E-state index is 0.0793. The van der Waals surface area contributed by atoms with Crippen LogP contribution in [0.1, 0.15) is 36.4 Å². The fourth-order valence-corrected chi connectivity index (χ4v) is 2.28. The number of hydrogen-bond acceptors (Lipinski definition) is 2. The van der Waals surface area contributed by atoms with Gasteiger partial charge in [-0.25, -0.2) is 4.68 Å². The molecule has 0 fully saturated rings. The number of aromatic nitrogens is 2. The summed E-state index contributed by atoms with van der Waals surface area (Å²) in [7, 11) is 0. The van der Waals surface area contributed by atoms with Crippen LogP contribution in [0.15, 0.2) is 24.3 Å². The standard InChI is InChI=1S/C15H18F3N3/c1-3-11-8-12(4-2)21(20-11)13-5-6-14(15(16,17)18)10(7-13)9-19/h5-8H,3-4,9,19H2,1-2H3. The lowest BCUT2D eigenvalue weighted by atomic mass is 10.1. The Balaban J connectivity index is 2.53. The molecular formula is C15H18F3N3. The predicted molar refractivity (Wildman–Crippen MR) is 75.2 cm³/mol. The van der Waals surface area contributed by atoms with E-state index in [-0.39, 0.29) is 12.1 Å². The van der Waals surface area contributed by atoms with Gasteiger partial charge < -0.3 is 5.73 Å². The van der Waals surface area contributed by atoms with E-state index in [1.54, 1.807) is 4.68 Å². The first-order chi connectivity index (χ1) is 9.90. The van der Waals surface area contributed by atoms with Gasteiger partial charge in [0.1, 0.15) is 0 Å². The van der Waals surface area contributed by atoms with E-state index in [1.807, 2.05) is 19.9 Å². The third-order valence-electron chi connectivity index (χ3n) is 3.42. The Hall–Kier alpha value is -1.82. The Morgan fingerprint density at radius 3 is 2.38 bits per heavy atom. The van der Waals surface area contributed by atoms with Crippen LogP contribution < -0.4 is 5.73 Å². The van der Waals surface area contributed by atoms with Crippen LogP contribution in [0, 0.1) is 0 Å². The first kappa shape index (κ1) is 15.6. The Morgan fingerprint density at radius 1 is 1.14 bits per heavy atom. The van der Waals surface area contributed by atoms with Crippen LogP contribution in [0.25, 0.3) is 5.69 Å². The van der Waals surface area contributed by atoms with Crippen molar-refractivity contribution in [3.63, 3.8) is 0 Å². The molecule has 3 nitrogen and oxygen atoms in total. The smallest absolute Gasteiger partial charge is 0.326 e. The molecule has 0 aliphatic rings. The Morgan fingerprint density at radius 2 is 1.86 bits per heavy atom. The van der Waals surface area contributed by atoms with Gasteiger partial charge in [0.25, 0.3) is 0 Å². The second-order valence-electron chi connectivity index (χ2n) is 4.79. The van der Waals surface area contributed by atoms with Crippen molar-refractivity contribution in [2.24, 2.45) is 5.73 Å². The van der Waals surface area contributed by atoms with Crippen molar-refractivity contribution in [3.8, 4) is 5.69 Å². The van der Waals surface area contributed by atoms with Crippen LogP contribution >= 0.6 is 0 Å². The van der Waals surface area contributed by atoms with Gasteiger partial charge in [0.05, 0.1) is 16.9 Å². The number of alkyl halides is 3. The maximum Gasteiger partial charge on any atom is 0.416 e. The van der Waals surface area contributed by atoms with Crippen molar-refractivity contribution < 1.29 is 13.2 Å². The summed E-state index contributed by atoms with van der Waals surface area (Å²) in [6, 6.07) is 5.95. The van der Waals surface area contributed by atoms with Crippen LogP contribution in [-0.4, -0.2) is 9.78 Å². The third-order valence-corrected chi connectivity index (χ3v) is 3.42. The Kier molecular flexibility index (Phi) is 4.37. The molecule has 0 saturated heterocycles. The molecule has 0 amide bonds. The fourth-order valence-electron chi connectivity index (χ4n) is 2.28. The quantitative estimate of drug-likeness (QED) is 0.939. The van der Waals surface area contributed by atoms with Crippen LogP contribution in [-0.2, 0) is 25.6 Å². The van der Waals surface area contributed by atoms with Crippen molar-refractivity contribution in [1.82, 2.24) is 9.78 Å². The largest absolute Gasteiger partial charge is 0.416 e. The second-order valence-corrected chi connectivity index (χ2v) is 4.79. The number of benzene rings is 1. The molecular weight excluding hydrogens is 279 g/mol. The molecule has 2 aromatic rings. The van der Waals surface area contributed by atoms with Crippen molar-refractivity contribution in [2.45, 2.75) is 39.4 Å². The lowest BCUT2D eigenvalue weighted by molar-refractivity contribution is -0.138. The summed E-state index contributed by atoms with van der Waals surface area (Å²) >= 11 is 0. The summed E-state index contributed by atoms with van der Waals surface area (Å²) in [5.41, 5.74) is 7.36. The zero-order valence-electron chi connectivity index (χ0n) is 12.0. The van der Waals surface area contributed by atoms with Crippen LogP contribution in [0.2, 0.25) is 0 Å². The Labute approximate surface area is 121 Å². The van der Waals surface area contributed by atoms with E-state index in [0.29, 0.717) is 5.69 Å². The van der Waals surface area contributed by atoms with Gasteiger partial charge in [0.2, 0.25) is 0 Å². The molecule has 0 atom stereocenters. The molecule has 2 N–H and O–H groups in total. The average molecular weight is 297 g/mol. The lowest BCUT2D eigenvalue weighted by Gasteiger charge is -2.14. The normalized spacial score (nSPS) is 11.9. The molecule has 1 heterocycles. The summed E-state index contributed by atoms with van der Waals surface area (Å²) < 4.78 is 40.4. The number of hydrogen-bond donors (Lipinski definition) is 1. The first-order valence-electron chi connectivity index (χ1n) is 6.89. The molecule has 2 rings (SSSR count). The molecule has 1 aromatic heterocycles. The highest BCUT2D eigenvalue weighted by atomic mass is 19.4. The molecule has 114 valence electrons. The zero-order chi connectivity index (χ0) is 15.6. The minimum Gasteiger partial charge on any atom is -0.326 e. The van der Waals surface area contributed by atoms with E-state index >= 15 is 0 Å². The molecule has 6 heteroatoms. The predicted octanol–water partition coefficient (Wildman–Crippen LogP) is 3.47. The number of halogens is 3. The second kappa shape index (κ2) is 5.89. The summed E-state index contributed by atoms with van der Waals surface area (Å²) in [4.78, 5) is 0. The van der Waals surface area contributed by atoms with Gasteiger partial charge in [-0.15, -0.1) is 0 Å². The van der Waals surface area contributed by atoms with Crippen molar-refractivity contribution >= 4 is 0 Å². The number of aryl methyl sites for hydroxylation is 2. The van der Waals surface area contributed by atoms with Crippen molar-refractivity contribution in [3.05, 3.63) is 46.8 Å². The van der Waals surface area contributed by atoms with Gasteiger partial charge in [-0.2, -0.15) is 18.3 Å². The van der Waals surface area contributed by atoms with Crippen molar-refractivity contribution in [1.29, 1.82) is 0 Å². The van der Waals surface area contributed by atoms with Crippen LogP contribution in [0.5, 0.6) is 0 Å². The number of rotatable bonds is 4. The van der Waals surface area contributed by atoms with Gasteiger partial charge >= 0.3 is 6.18 Å². The van der Waals surface area contributed by atoms with Crippen LogP contribution in [0.3, 0.4) is 0 Å². The average Bonchev–Trinajstić information content (AvgIpc) is 2.89. The highest BCUT2D eigenvalue weighted by molar-refractivity contribution is 5.42. The molecule has 0 spiro atoms. The highest BCUT2D eigenvalue weighted by Crippen LogP contribution is 2.33. The fraction of sp³-hybridized carbons (Fsp3) is 0.400. The number of nitrogens with zero attached hydrogens (tertiary/aromatic N) is 2. The zero-order valence-corrected chi connectivity index (χ0v) is 12.0. The third kappa shape index (κ3) is 3.10. The maximum absolute atomic E-state index is 12.9. The summed E-state index contributed by atoms with van der Waals surface area (Å²) in [6.07, 6.45) is -2.85. The van der Waals surface area contributed by atoms with Gasteiger partial charge in [0, 0.05) is 12.2 Å². The van der Waals surface area contributed by atoms with Crippen molar-refractivity contribution in [2.75, 3.05) is 0 Å². The maximum atomic E-state index is 12.9. The minimum atomic E-state index is -4.39. The van der Waals surface area contributed by atoms with E-state index in [0.717, 1.165) is 30.3 Å². The highest BCUT2D eigenvalue weighted by Gasteiger charge is 2.33. The molecule has 21 heavy (non-hydrogen) atoms. The SMILES string of the molecule is CCc1cc(CC)n(-c2ccc(C(F)(F)F)c(CN)c2)n1. The van der Waals surface area contributed by atoms with Crippen LogP contribution in [0.4, 0.5) is 13.2 Å². The molecule has 0 saturated carbocycles. The lowest BCUT2D eigenvalue weighted by Crippen LogP contribution is -2.13. The number of nitrogens with two attached hydrogens (primary N) is 1. The molecule has 1 aromatic carbocycles. The molecule has 0 unspecified atom stereocenters. The van der Waals surface area contributed by atoms with E-state index < -0.39 is 11.7 Å². The van der Waals surface area contributed by atoms with E-state index in [9.17, 15) is 13.2 Å². The summed E-state index contributed by atoms with van der Waals surface area (Å²) in [6.45, 7) is 3.82. The Bertz CT molecular complexity index is 630. The summed E-state index contributed by atoms with van der Waals surface area (Å²) in [5, 5.41) is 4.43.